The van der Waals surface area contributed by atoms with Crippen molar-refractivity contribution in [3.05, 3.63) is 36.2 Å². The molecule has 2 saturated heterocycles. The van der Waals surface area contributed by atoms with E-state index in [-0.39, 0.29) is 12.4 Å². The lowest BCUT2D eigenvalue weighted by molar-refractivity contribution is -0.344. The lowest BCUT2D eigenvalue weighted by Gasteiger charge is -2.26. The van der Waals surface area contributed by atoms with Gasteiger partial charge in [0.2, 0.25) is 5.95 Å². The molecule has 4 N–H and O–H groups in total. The maximum absolute atomic E-state index is 9.85. The van der Waals surface area contributed by atoms with E-state index in [1.807, 2.05) is 31.2 Å². The zero-order valence-corrected chi connectivity index (χ0v) is 18.8. The number of hydrogen-bond donors (Lipinski definition) is 3. The number of nitrogens with one attached hydrogen (secondary N) is 1. The van der Waals surface area contributed by atoms with Gasteiger partial charge in [0.25, 0.3) is 5.97 Å². The summed E-state index contributed by atoms with van der Waals surface area (Å²) in [6.07, 6.45) is 0.255. The average molecular weight is 457 g/mol. The molecule has 0 radical (unpaired) electrons. The number of ether oxygens (including phenoxy) is 4. The number of aliphatic hydroxyl groups is 1. The Kier molecular flexibility index (Phi) is 5.67. The lowest BCUT2D eigenvalue weighted by atomic mass is 10.1. The summed E-state index contributed by atoms with van der Waals surface area (Å²) >= 11 is 0. The molecule has 5 rings (SSSR count). The van der Waals surface area contributed by atoms with E-state index >= 15 is 0 Å². The molecule has 2 aromatic heterocycles. The topological polar surface area (TPSA) is 139 Å². The second-order valence-electron chi connectivity index (χ2n) is 8.14. The lowest BCUT2D eigenvalue weighted by Crippen LogP contribution is -2.35. The van der Waals surface area contributed by atoms with Gasteiger partial charge in [-0.1, -0.05) is 19.1 Å². The number of rotatable bonds is 7. The van der Waals surface area contributed by atoms with Crippen LogP contribution in [0.1, 0.15) is 32.6 Å². The van der Waals surface area contributed by atoms with Crippen LogP contribution in [0.2, 0.25) is 0 Å². The number of hydrogen-bond acceptors (Lipinski definition) is 10. The molecule has 11 heteroatoms. The van der Waals surface area contributed by atoms with Crippen molar-refractivity contribution < 1.29 is 24.1 Å². The molecule has 4 heterocycles. The fraction of sp³-hybridized carbons (Fsp3) is 0.500. The van der Waals surface area contributed by atoms with E-state index in [9.17, 15) is 5.11 Å². The van der Waals surface area contributed by atoms with E-state index in [1.165, 1.54) is 5.56 Å². The number of imidazole rings is 1. The van der Waals surface area contributed by atoms with Crippen molar-refractivity contribution in [3.8, 4) is 0 Å². The van der Waals surface area contributed by atoms with Crippen LogP contribution in [0.4, 0.5) is 17.5 Å². The molecule has 3 aromatic rings. The number of nitrogens with two attached hydrogens (primary N) is 1. The summed E-state index contributed by atoms with van der Waals surface area (Å²) in [6.45, 7) is 5.86. The van der Waals surface area contributed by atoms with Crippen LogP contribution in [0.25, 0.3) is 11.2 Å². The Morgan fingerprint density at radius 2 is 1.94 bits per heavy atom. The van der Waals surface area contributed by atoms with Crippen LogP contribution >= 0.6 is 0 Å². The van der Waals surface area contributed by atoms with Crippen LogP contribution in [0.3, 0.4) is 0 Å². The van der Waals surface area contributed by atoms with Crippen molar-refractivity contribution in [2.45, 2.75) is 57.7 Å². The number of nitrogen functional groups attached to an aromatic ring is 1. The number of aromatic nitrogens is 4. The first-order chi connectivity index (χ1) is 15.9. The summed E-state index contributed by atoms with van der Waals surface area (Å²) in [5.74, 6) is -0.647. The quantitative estimate of drug-likeness (QED) is 0.484. The van der Waals surface area contributed by atoms with E-state index < -0.39 is 30.5 Å². The molecular weight excluding hydrogens is 428 g/mol. The Morgan fingerprint density at radius 1 is 1.18 bits per heavy atom. The van der Waals surface area contributed by atoms with Crippen molar-refractivity contribution >= 4 is 28.6 Å². The van der Waals surface area contributed by atoms with Crippen molar-refractivity contribution in [2.75, 3.05) is 24.3 Å². The third-order valence-electron chi connectivity index (χ3n) is 5.91. The molecule has 176 valence electrons. The van der Waals surface area contributed by atoms with E-state index in [0.29, 0.717) is 23.7 Å². The van der Waals surface area contributed by atoms with Crippen LogP contribution in [-0.4, -0.2) is 62.1 Å². The highest BCUT2D eigenvalue weighted by atomic mass is 16.9. The van der Waals surface area contributed by atoms with Crippen molar-refractivity contribution in [2.24, 2.45) is 0 Å². The largest absolute Gasteiger partial charge is 0.394 e. The summed E-state index contributed by atoms with van der Waals surface area (Å²) < 4.78 is 25.5. The van der Waals surface area contributed by atoms with Gasteiger partial charge in [0, 0.05) is 19.2 Å². The first-order valence-electron chi connectivity index (χ1n) is 11.1. The Morgan fingerprint density at radius 3 is 2.64 bits per heavy atom. The SMILES string of the molecule is CCOC1(C)O[C@@H]2[C@H](O1)[C@@H](CO)O[C@H]2n1cnc2c(N)nc(Nc3ccc(CC)cc3)nc21. The number of anilines is 3. The molecular formula is C22H28N6O5. The highest BCUT2D eigenvalue weighted by Crippen LogP contribution is 2.44. The maximum atomic E-state index is 9.85. The van der Waals surface area contributed by atoms with Crippen molar-refractivity contribution in [1.29, 1.82) is 0 Å². The predicted molar refractivity (Wildman–Crippen MR) is 120 cm³/mol. The van der Waals surface area contributed by atoms with E-state index in [2.05, 4.69) is 27.2 Å². The van der Waals surface area contributed by atoms with E-state index in [0.717, 1.165) is 12.1 Å². The van der Waals surface area contributed by atoms with Crippen molar-refractivity contribution in [1.82, 2.24) is 19.5 Å². The van der Waals surface area contributed by atoms with Gasteiger partial charge >= 0.3 is 0 Å². The van der Waals surface area contributed by atoms with Gasteiger partial charge in [0.15, 0.2) is 17.7 Å². The molecule has 0 spiro atoms. The van der Waals surface area contributed by atoms with Crippen molar-refractivity contribution in [3.63, 3.8) is 0 Å². The minimum absolute atomic E-state index is 0.229. The number of aryl methyl sites for hydroxylation is 1. The smallest absolute Gasteiger partial charge is 0.280 e. The fourth-order valence-corrected chi connectivity index (χ4v) is 4.33. The first-order valence-corrected chi connectivity index (χ1v) is 11.1. The van der Waals surface area contributed by atoms with Gasteiger partial charge in [0.1, 0.15) is 23.8 Å². The summed E-state index contributed by atoms with van der Waals surface area (Å²) in [4.78, 5) is 13.4. The predicted octanol–water partition coefficient (Wildman–Crippen LogP) is 2.10. The number of aliphatic hydroxyl groups excluding tert-OH is 1. The summed E-state index contributed by atoms with van der Waals surface area (Å²) in [7, 11) is 0. The molecule has 2 aliphatic rings. The molecule has 11 nitrogen and oxygen atoms in total. The molecule has 2 fully saturated rings. The minimum atomic E-state index is -1.22. The van der Waals surface area contributed by atoms with Gasteiger partial charge in [-0.25, -0.2) is 4.98 Å². The Balaban J connectivity index is 1.48. The molecule has 0 saturated carbocycles. The highest BCUT2D eigenvalue weighted by molar-refractivity contribution is 5.83. The maximum Gasteiger partial charge on any atom is 0.280 e. The van der Waals surface area contributed by atoms with Gasteiger partial charge in [-0.05, 0) is 31.0 Å². The highest BCUT2D eigenvalue weighted by Gasteiger charge is 2.58. The van der Waals surface area contributed by atoms with Crippen LogP contribution in [0.15, 0.2) is 30.6 Å². The molecule has 0 aliphatic carbocycles. The molecule has 5 atom stereocenters. The van der Waals surface area contributed by atoms with Gasteiger partial charge in [-0.3, -0.25) is 4.57 Å². The average Bonchev–Trinajstić information content (AvgIpc) is 3.46. The van der Waals surface area contributed by atoms with Crippen LogP contribution in [0.5, 0.6) is 0 Å². The molecule has 33 heavy (non-hydrogen) atoms. The molecule has 1 unspecified atom stereocenters. The molecule has 0 amide bonds. The number of fused-ring (bicyclic) bond motifs is 2. The molecule has 1 aromatic carbocycles. The summed E-state index contributed by atoms with van der Waals surface area (Å²) in [5.41, 5.74) is 9.19. The van der Waals surface area contributed by atoms with E-state index in [1.54, 1.807) is 17.8 Å². The van der Waals surface area contributed by atoms with Gasteiger partial charge in [0.05, 0.1) is 12.9 Å². The third-order valence-corrected chi connectivity index (χ3v) is 5.91. The minimum Gasteiger partial charge on any atom is -0.394 e. The standard InChI is InChI=1S/C22H28N6O5/c1-4-12-6-8-13(9-7-12)25-21-26-18(23)15-19(27-21)28(11-24-15)20-17-16(14(10-29)31-20)32-22(3,33-17)30-5-2/h6-9,11,14,16-17,20,29H,4-5,10H2,1-3H3,(H3,23,25,26,27)/t14-,16-,17-,20-,22?/m1/s1. The van der Waals surface area contributed by atoms with Gasteiger partial charge in [-0.2, -0.15) is 9.97 Å². The fourth-order valence-electron chi connectivity index (χ4n) is 4.33. The number of benzene rings is 1. The van der Waals surface area contributed by atoms with Crippen LogP contribution in [-0.2, 0) is 25.4 Å². The Bertz CT molecular complexity index is 1140. The monoisotopic (exact) mass is 456 g/mol. The Labute approximate surface area is 190 Å². The van der Waals surface area contributed by atoms with E-state index in [4.69, 9.17) is 24.7 Å². The first kappa shape index (κ1) is 22.0. The summed E-state index contributed by atoms with van der Waals surface area (Å²) in [6, 6.07) is 8.02. The normalized spacial score (nSPS) is 29.0. The zero-order chi connectivity index (χ0) is 23.2. The molecule has 2 aliphatic heterocycles. The third kappa shape index (κ3) is 3.91. The Hall–Kier alpha value is -2.83. The van der Waals surface area contributed by atoms with Gasteiger partial charge < -0.3 is 35.1 Å². The summed E-state index contributed by atoms with van der Waals surface area (Å²) in [5, 5.41) is 13.0. The van der Waals surface area contributed by atoms with Crippen LogP contribution < -0.4 is 11.1 Å². The van der Waals surface area contributed by atoms with Gasteiger partial charge in [-0.15, -0.1) is 0 Å². The number of nitrogens with zero attached hydrogens (tertiary/aromatic N) is 4. The second kappa shape index (κ2) is 8.50. The zero-order valence-electron chi connectivity index (χ0n) is 18.8. The van der Waals surface area contributed by atoms with Crippen LogP contribution in [0, 0.1) is 0 Å². The molecule has 0 bridgehead atoms. The second-order valence-corrected chi connectivity index (χ2v) is 8.14.